The predicted octanol–water partition coefficient (Wildman–Crippen LogP) is 4.17. The highest BCUT2D eigenvalue weighted by Crippen LogP contribution is 2.26. The van der Waals surface area contributed by atoms with Crippen LogP contribution in [0.4, 0.5) is 14.5 Å². The van der Waals surface area contributed by atoms with Crippen molar-refractivity contribution in [3.8, 4) is 0 Å². The smallest absolute Gasteiger partial charge is 0.150 e. The van der Waals surface area contributed by atoms with Gasteiger partial charge >= 0.3 is 0 Å². The number of benzene rings is 2. The van der Waals surface area contributed by atoms with Gasteiger partial charge in [0, 0.05) is 6.07 Å². The third kappa shape index (κ3) is 2.92. The fourth-order valence-corrected chi connectivity index (χ4v) is 2.23. The van der Waals surface area contributed by atoms with Crippen LogP contribution in [-0.4, -0.2) is 9.97 Å². The van der Waals surface area contributed by atoms with E-state index in [4.69, 9.17) is 11.6 Å². The van der Waals surface area contributed by atoms with Gasteiger partial charge in [-0.1, -0.05) is 23.7 Å². The lowest BCUT2D eigenvalue weighted by atomic mass is 10.2. The maximum absolute atomic E-state index is 13.6. The number of nitrogens with one attached hydrogen (secondary N) is 1. The molecule has 0 aliphatic heterocycles. The first-order valence-corrected chi connectivity index (χ1v) is 6.60. The Morgan fingerprint density at radius 2 is 1.86 bits per heavy atom. The summed E-state index contributed by atoms with van der Waals surface area (Å²) in [6.45, 7) is 0.236. The maximum atomic E-state index is 13.6. The standard InChI is InChI=1S/C15H10ClF2N3/c16-11-5-9(17)6-12(18)15(11)20-8-10-7-19-13-3-1-2-4-14(13)21-10/h1-7,20H,8H2. The number of fused-ring (bicyclic) bond motifs is 1. The average Bonchev–Trinajstić information content (AvgIpc) is 2.46. The lowest BCUT2D eigenvalue weighted by Gasteiger charge is -2.09. The molecule has 0 atom stereocenters. The molecule has 2 aromatic carbocycles. The Labute approximate surface area is 124 Å². The summed E-state index contributed by atoms with van der Waals surface area (Å²) >= 11 is 5.82. The zero-order valence-corrected chi connectivity index (χ0v) is 11.5. The van der Waals surface area contributed by atoms with E-state index in [2.05, 4.69) is 15.3 Å². The van der Waals surface area contributed by atoms with Gasteiger partial charge in [-0.3, -0.25) is 4.98 Å². The Kier molecular flexibility index (Phi) is 3.66. The number of aromatic nitrogens is 2. The summed E-state index contributed by atoms with van der Waals surface area (Å²) < 4.78 is 26.6. The second-order valence-electron chi connectivity index (χ2n) is 4.45. The molecule has 0 amide bonds. The SMILES string of the molecule is Fc1cc(F)c(NCc2cnc3ccccc3n2)c(Cl)c1. The highest BCUT2D eigenvalue weighted by atomic mass is 35.5. The van der Waals surface area contributed by atoms with Crippen LogP contribution in [0.3, 0.4) is 0 Å². The summed E-state index contributed by atoms with van der Waals surface area (Å²) in [5.41, 5.74) is 2.22. The predicted molar refractivity (Wildman–Crippen MR) is 78.2 cm³/mol. The van der Waals surface area contributed by atoms with Gasteiger partial charge in [-0.2, -0.15) is 0 Å². The van der Waals surface area contributed by atoms with Crippen LogP contribution < -0.4 is 5.32 Å². The summed E-state index contributed by atoms with van der Waals surface area (Å²) in [4.78, 5) is 8.67. The molecule has 0 fully saturated rings. The van der Waals surface area contributed by atoms with E-state index >= 15 is 0 Å². The van der Waals surface area contributed by atoms with Crippen molar-refractivity contribution in [2.75, 3.05) is 5.32 Å². The van der Waals surface area contributed by atoms with Gasteiger partial charge in [0.25, 0.3) is 0 Å². The highest BCUT2D eigenvalue weighted by molar-refractivity contribution is 6.33. The summed E-state index contributed by atoms with van der Waals surface area (Å²) in [6.07, 6.45) is 1.60. The van der Waals surface area contributed by atoms with Crippen LogP contribution in [0.5, 0.6) is 0 Å². The highest BCUT2D eigenvalue weighted by Gasteiger charge is 2.10. The number of nitrogens with zero attached hydrogens (tertiary/aromatic N) is 2. The van der Waals surface area contributed by atoms with Crippen molar-refractivity contribution < 1.29 is 8.78 Å². The lowest BCUT2D eigenvalue weighted by Crippen LogP contribution is -2.05. The van der Waals surface area contributed by atoms with E-state index in [9.17, 15) is 8.78 Å². The zero-order chi connectivity index (χ0) is 14.8. The lowest BCUT2D eigenvalue weighted by molar-refractivity contribution is 0.585. The molecule has 106 valence electrons. The Bertz CT molecular complexity index is 785. The molecule has 3 nitrogen and oxygen atoms in total. The van der Waals surface area contributed by atoms with Gasteiger partial charge in [0.05, 0.1) is 40.2 Å². The van der Waals surface area contributed by atoms with E-state index in [0.29, 0.717) is 5.69 Å². The van der Waals surface area contributed by atoms with Gasteiger partial charge in [0.1, 0.15) is 5.82 Å². The topological polar surface area (TPSA) is 37.8 Å². The van der Waals surface area contributed by atoms with Gasteiger partial charge in [-0.15, -0.1) is 0 Å². The van der Waals surface area contributed by atoms with E-state index in [1.165, 1.54) is 0 Å². The van der Waals surface area contributed by atoms with Crippen molar-refractivity contribution in [1.82, 2.24) is 9.97 Å². The van der Waals surface area contributed by atoms with Crippen LogP contribution >= 0.6 is 11.6 Å². The second-order valence-corrected chi connectivity index (χ2v) is 4.86. The first kappa shape index (κ1) is 13.7. The van der Waals surface area contributed by atoms with Crippen LogP contribution in [0.15, 0.2) is 42.6 Å². The van der Waals surface area contributed by atoms with Crippen LogP contribution in [0.1, 0.15) is 5.69 Å². The largest absolute Gasteiger partial charge is 0.376 e. The minimum Gasteiger partial charge on any atom is -0.376 e. The summed E-state index contributed by atoms with van der Waals surface area (Å²) in [5.74, 6) is -1.46. The van der Waals surface area contributed by atoms with Crippen molar-refractivity contribution >= 4 is 28.3 Å². The third-order valence-electron chi connectivity index (χ3n) is 2.95. The second kappa shape index (κ2) is 5.61. The molecule has 0 bridgehead atoms. The molecule has 1 aromatic heterocycles. The minimum atomic E-state index is -0.742. The Balaban J connectivity index is 1.83. The normalized spacial score (nSPS) is 10.8. The Morgan fingerprint density at radius 3 is 2.62 bits per heavy atom. The van der Waals surface area contributed by atoms with Gasteiger partial charge in [-0.25, -0.2) is 13.8 Å². The van der Waals surface area contributed by atoms with Gasteiger partial charge in [0.2, 0.25) is 0 Å². The van der Waals surface area contributed by atoms with Crippen LogP contribution in [0, 0.1) is 11.6 Å². The Morgan fingerprint density at radius 1 is 1.10 bits per heavy atom. The van der Waals surface area contributed by atoms with Crippen LogP contribution in [0.2, 0.25) is 5.02 Å². The maximum Gasteiger partial charge on any atom is 0.150 e. The number of rotatable bonds is 3. The van der Waals surface area contributed by atoms with E-state index < -0.39 is 11.6 Å². The van der Waals surface area contributed by atoms with Crippen LogP contribution in [-0.2, 0) is 6.54 Å². The molecule has 1 heterocycles. The molecule has 0 saturated carbocycles. The van der Waals surface area contributed by atoms with Crippen molar-refractivity contribution in [2.45, 2.75) is 6.54 Å². The molecule has 3 aromatic rings. The molecule has 3 rings (SSSR count). The molecular weight excluding hydrogens is 296 g/mol. The summed E-state index contributed by atoms with van der Waals surface area (Å²) in [6, 6.07) is 9.28. The van der Waals surface area contributed by atoms with Crippen molar-refractivity contribution in [3.05, 3.63) is 64.9 Å². The van der Waals surface area contributed by atoms with Gasteiger partial charge < -0.3 is 5.32 Å². The van der Waals surface area contributed by atoms with E-state index in [-0.39, 0.29) is 17.3 Å². The third-order valence-corrected chi connectivity index (χ3v) is 3.25. The fraction of sp³-hybridized carbons (Fsp3) is 0.0667. The Hall–Kier alpha value is -2.27. The molecule has 0 aliphatic carbocycles. The van der Waals surface area contributed by atoms with Crippen molar-refractivity contribution in [1.29, 1.82) is 0 Å². The summed E-state index contributed by atoms with van der Waals surface area (Å²) in [7, 11) is 0. The van der Waals surface area contributed by atoms with Crippen LogP contribution in [0.25, 0.3) is 11.0 Å². The minimum absolute atomic E-state index is 0.0127. The molecule has 1 N–H and O–H groups in total. The molecule has 0 saturated heterocycles. The number of anilines is 1. The number of hydrogen-bond acceptors (Lipinski definition) is 3. The quantitative estimate of drug-likeness (QED) is 0.789. The van der Waals surface area contributed by atoms with E-state index in [1.807, 2.05) is 24.3 Å². The average molecular weight is 306 g/mol. The van der Waals surface area contributed by atoms with Gasteiger partial charge in [0.15, 0.2) is 5.82 Å². The molecule has 6 heteroatoms. The molecule has 0 aliphatic rings. The molecular formula is C15H10ClF2N3. The molecule has 21 heavy (non-hydrogen) atoms. The van der Waals surface area contributed by atoms with Gasteiger partial charge in [-0.05, 0) is 18.2 Å². The first-order chi connectivity index (χ1) is 10.1. The number of hydrogen-bond donors (Lipinski definition) is 1. The molecule has 0 radical (unpaired) electrons. The molecule has 0 unspecified atom stereocenters. The monoisotopic (exact) mass is 305 g/mol. The molecule has 0 spiro atoms. The van der Waals surface area contributed by atoms with E-state index in [1.54, 1.807) is 6.20 Å². The number of halogens is 3. The zero-order valence-electron chi connectivity index (χ0n) is 10.8. The number of para-hydroxylation sites is 2. The van der Waals surface area contributed by atoms with Crippen molar-refractivity contribution in [2.24, 2.45) is 0 Å². The fourth-order valence-electron chi connectivity index (χ4n) is 1.97. The van der Waals surface area contributed by atoms with Crippen molar-refractivity contribution in [3.63, 3.8) is 0 Å². The van der Waals surface area contributed by atoms with E-state index in [0.717, 1.165) is 23.2 Å². The first-order valence-electron chi connectivity index (χ1n) is 6.22. The summed E-state index contributed by atoms with van der Waals surface area (Å²) in [5, 5.41) is 2.80.